The zero-order valence-electron chi connectivity index (χ0n) is 20.1. The van der Waals surface area contributed by atoms with Gasteiger partial charge in [-0.25, -0.2) is 4.79 Å². The van der Waals surface area contributed by atoms with Crippen LogP contribution >= 0.6 is 11.8 Å². The maximum absolute atomic E-state index is 13.0. The maximum Gasteiger partial charge on any atom is 0.326 e. The summed E-state index contributed by atoms with van der Waals surface area (Å²) in [6.07, 6.45) is 4.25. The van der Waals surface area contributed by atoms with Crippen LogP contribution in [0.5, 0.6) is 0 Å². The van der Waals surface area contributed by atoms with E-state index in [1.54, 1.807) is 13.8 Å². The van der Waals surface area contributed by atoms with Gasteiger partial charge in [0.1, 0.15) is 18.1 Å². The first kappa shape index (κ1) is 29.5. The van der Waals surface area contributed by atoms with Crippen LogP contribution in [0.1, 0.15) is 46.0 Å². The number of nitrogens with one attached hydrogen (secondary N) is 4. The highest BCUT2D eigenvalue weighted by Crippen LogP contribution is 2.10. The Balaban J connectivity index is 2.82. The Hall–Kier alpha value is -2.54. The fourth-order valence-corrected chi connectivity index (χ4v) is 3.97. The predicted molar refractivity (Wildman–Crippen MR) is 132 cm³/mol. The first-order valence-corrected chi connectivity index (χ1v) is 12.9. The molecule has 0 aromatic carbocycles. The predicted octanol–water partition coefficient (Wildman–Crippen LogP) is -1.26. The maximum atomic E-state index is 13.0. The quantitative estimate of drug-likeness (QED) is 0.0812. The molecule has 12 nitrogen and oxygen atoms in total. The van der Waals surface area contributed by atoms with Crippen molar-refractivity contribution in [2.24, 2.45) is 22.4 Å². The van der Waals surface area contributed by atoms with Crippen molar-refractivity contribution >= 4 is 41.4 Å². The van der Waals surface area contributed by atoms with Crippen molar-refractivity contribution in [3.63, 3.8) is 0 Å². The van der Waals surface area contributed by atoms with Crippen LogP contribution in [0.2, 0.25) is 0 Å². The lowest BCUT2D eigenvalue weighted by atomic mass is 10.0. The minimum absolute atomic E-state index is 0.0914. The molecule has 1 rings (SSSR count). The van der Waals surface area contributed by atoms with Crippen molar-refractivity contribution < 1.29 is 24.3 Å². The first-order valence-electron chi connectivity index (χ1n) is 11.5. The molecule has 1 aliphatic rings. The van der Waals surface area contributed by atoms with Crippen LogP contribution in [-0.4, -0.2) is 84.0 Å². The second kappa shape index (κ2) is 15.4. The van der Waals surface area contributed by atoms with E-state index in [0.717, 1.165) is 13.0 Å². The van der Waals surface area contributed by atoms with Gasteiger partial charge in [-0.3, -0.25) is 19.4 Å². The normalized spacial score (nSPS) is 17.9. The van der Waals surface area contributed by atoms with Crippen molar-refractivity contribution in [3.8, 4) is 0 Å². The van der Waals surface area contributed by atoms with Crippen LogP contribution in [0.15, 0.2) is 4.99 Å². The number of carbonyl (C=O) groups excluding carboxylic acids is 3. The van der Waals surface area contributed by atoms with E-state index in [1.165, 1.54) is 11.8 Å². The summed E-state index contributed by atoms with van der Waals surface area (Å²) in [6, 6.07) is -3.25. The highest BCUT2D eigenvalue weighted by atomic mass is 32.2. The van der Waals surface area contributed by atoms with Crippen molar-refractivity contribution in [1.82, 2.24) is 21.3 Å². The van der Waals surface area contributed by atoms with E-state index in [9.17, 15) is 24.3 Å². The van der Waals surface area contributed by atoms with Crippen molar-refractivity contribution in [2.75, 3.05) is 25.1 Å². The third-order valence-electron chi connectivity index (χ3n) is 5.43. The Morgan fingerprint density at radius 2 is 1.76 bits per heavy atom. The first-order chi connectivity index (χ1) is 16.1. The van der Waals surface area contributed by atoms with Crippen LogP contribution < -0.4 is 32.7 Å². The Labute approximate surface area is 204 Å². The molecule has 9 N–H and O–H groups in total. The lowest BCUT2D eigenvalue weighted by Crippen LogP contribution is -2.58. The zero-order chi connectivity index (χ0) is 25.7. The molecule has 0 bridgehead atoms. The number of rotatable bonds is 15. The fraction of sp³-hybridized carbons (Fsp3) is 0.762. The molecule has 4 unspecified atom stereocenters. The summed E-state index contributed by atoms with van der Waals surface area (Å²) in [5, 5.41) is 20.6. The molecule has 0 radical (unpaired) electrons. The lowest BCUT2D eigenvalue weighted by Gasteiger charge is -2.27. The minimum atomic E-state index is -1.19. The summed E-state index contributed by atoms with van der Waals surface area (Å²) in [4.78, 5) is 53.9. The molecule has 1 heterocycles. The number of hydrogen-bond acceptors (Lipinski definition) is 7. The highest BCUT2D eigenvalue weighted by molar-refractivity contribution is 7.98. The summed E-state index contributed by atoms with van der Waals surface area (Å²) in [7, 11) is 0. The molecule has 1 fully saturated rings. The molecule has 3 amide bonds. The van der Waals surface area contributed by atoms with Crippen LogP contribution in [0.4, 0.5) is 0 Å². The van der Waals surface area contributed by atoms with Gasteiger partial charge >= 0.3 is 5.97 Å². The zero-order valence-corrected chi connectivity index (χ0v) is 21.0. The Bertz CT molecular complexity index is 724. The number of aliphatic carboxylic acids is 1. The molecular weight excluding hydrogens is 462 g/mol. The number of hydrogen-bond donors (Lipinski definition) is 7. The summed E-state index contributed by atoms with van der Waals surface area (Å²) in [5.41, 5.74) is 10.5. The number of amides is 3. The van der Waals surface area contributed by atoms with E-state index < -0.39 is 35.9 Å². The Morgan fingerprint density at radius 1 is 1.09 bits per heavy atom. The molecule has 0 saturated carbocycles. The number of guanidine groups is 1. The molecule has 1 aliphatic heterocycles. The molecule has 34 heavy (non-hydrogen) atoms. The number of thioether (sulfide) groups is 1. The van der Waals surface area contributed by atoms with Gasteiger partial charge in [-0.1, -0.05) is 13.8 Å². The number of carbonyl (C=O) groups is 4. The number of aliphatic imine (C=N–C) groups is 1. The molecule has 1 saturated heterocycles. The van der Waals surface area contributed by atoms with Gasteiger partial charge in [-0.2, -0.15) is 11.8 Å². The van der Waals surface area contributed by atoms with Gasteiger partial charge in [0.25, 0.3) is 0 Å². The molecule has 0 spiro atoms. The third-order valence-corrected chi connectivity index (χ3v) is 6.07. The standard InChI is InChI=1S/C21H39N7O5S/c1-12(2)16(28-17(29)13-6-4-9-24-13)19(31)26-14(8-11-34-3)18(30)27-15(20(32)33)7-5-10-25-21(22)23/h12-16,24H,4-11H2,1-3H3,(H,26,31)(H,27,30)(H,28,29)(H,32,33)(H4,22,23,25). The molecule has 4 atom stereocenters. The summed E-state index contributed by atoms with van der Waals surface area (Å²) < 4.78 is 0. The van der Waals surface area contributed by atoms with Gasteiger partial charge in [0, 0.05) is 6.54 Å². The van der Waals surface area contributed by atoms with Gasteiger partial charge in [0.2, 0.25) is 17.7 Å². The number of carboxylic acid groups (broad SMARTS) is 1. The van der Waals surface area contributed by atoms with E-state index in [0.29, 0.717) is 25.0 Å². The molecule has 0 aromatic rings. The average Bonchev–Trinajstić information content (AvgIpc) is 3.31. The Kier molecular flexibility index (Phi) is 13.3. The number of nitrogens with two attached hydrogens (primary N) is 2. The van der Waals surface area contributed by atoms with Crippen molar-refractivity contribution in [3.05, 3.63) is 0 Å². The van der Waals surface area contributed by atoms with Gasteiger partial charge in [0.05, 0.1) is 6.04 Å². The lowest BCUT2D eigenvalue weighted by molar-refractivity contribution is -0.142. The van der Waals surface area contributed by atoms with E-state index in [1.807, 2.05) is 6.26 Å². The second-order valence-corrected chi connectivity index (χ2v) is 9.56. The smallest absolute Gasteiger partial charge is 0.326 e. The van der Waals surface area contributed by atoms with Crippen LogP contribution in [0, 0.1) is 5.92 Å². The van der Waals surface area contributed by atoms with Crippen molar-refractivity contribution in [1.29, 1.82) is 0 Å². The average molecular weight is 502 g/mol. The number of nitrogens with zero attached hydrogens (tertiary/aromatic N) is 1. The molecule has 0 aliphatic carbocycles. The second-order valence-electron chi connectivity index (χ2n) is 8.57. The summed E-state index contributed by atoms with van der Waals surface area (Å²) in [5.74, 6) is -2.24. The van der Waals surface area contributed by atoms with Gasteiger partial charge in [-0.05, 0) is 56.6 Å². The van der Waals surface area contributed by atoms with Crippen molar-refractivity contribution in [2.45, 2.75) is 70.1 Å². The van der Waals surface area contributed by atoms with Gasteiger partial charge in [0.15, 0.2) is 5.96 Å². The minimum Gasteiger partial charge on any atom is -0.480 e. The summed E-state index contributed by atoms with van der Waals surface area (Å²) in [6.45, 7) is 4.60. The molecular formula is C21H39N7O5S. The van der Waals surface area contributed by atoms with E-state index in [-0.39, 0.29) is 36.8 Å². The van der Waals surface area contributed by atoms with Crippen LogP contribution in [-0.2, 0) is 19.2 Å². The van der Waals surface area contributed by atoms with Gasteiger partial charge in [-0.15, -0.1) is 0 Å². The highest BCUT2D eigenvalue weighted by Gasteiger charge is 2.32. The van der Waals surface area contributed by atoms with Gasteiger partial charge < -0.3 is 37.8 Å². The SMILES string of the molecule is CSCCC(NC(=O)C(NC(=O)C1CCCN1)C(C)C)C(=O)NC(CCCN=C(N)N)C(=O)O. The Morgan fingerprint density at radius 3 is 2.29 bits per heavy atom. The third kappa shape index (κ3) is 10.6. The van der Waals surface area contributed by atoms with E-state index in [4.69, 9.17) is 11.5 Å². The summed E-state index contributed by atoms with van der Waals surface area (Å²) >= 11 is 1.50. The molecule has 13 heteroatoms. The largest absolute Gasteiger partial charge is 0.480 e. The number of carboxylic acids is 1. The van der Waals surface area contributed by atoms with E-state index in [2.05, 4.69) is 26.3 Å². The van der Waals surface area contributed by atoms with E-state index >= 15 is 0 Å². The van der Waals surface area contributed by atoms with Crippen LogP contribution in [0.25, 0.3) is 0 Å². The fourth-order valence-electron chi connectivity index (χ4n) is 3.50. The monoisotopic (exact) mass is 501 g/mol. The molecule has 194 valence electrons. The molecule has 0 aromatic heterocycles. The topological polar surface area (TPSA) is 201 Å². The van der Waals surface area contributed by atoms with Crippen LogP contribution in [0.3, 0.4) is 0 Å².